The summed E-state index contributed by atoms with van der Waals surface area (Å²) in [5.41, 5.74) is 0.907. The van der Waals surface area contributed by atoms with Crippen LogP contribution in [0, 0.1) is 5.82 Å². The molecule has 7 nitrogen and oxygen atoms in total. The molecule has 0 atom stereocenters. The van der Waals surface area contributed by atoms with Crippen LogP contribution in [-0.2, 0) is 17.9 Å². The molecule has 1 amide bonds. The van der Waals surface area contributed by atoms with Gasteiger partial charge in [0.05, 0.1) is 13.7 Å². The number of halogens is 1. The number of rotatable bonds is 6. The molecule has 1 aliphatic heterocycles. The number of aryl methyl sites for hydroxylation is 1. The summed E-state index contributed by atoms with van der Waals surface area (Å²) in [5.74, 6) is 0.0408. The summed E-state index contributed by atoms with van der Waals surface area (Å²) in [5, 5.41) is 4.00. The number of amides is 1. The molecule has 134 valence electrons. The lowest BCUT2D eigenvalue weighted by Gasteiger charge is -2.34. The lowest BCUT2D eigenvalue weighted by Crippen LogP contribution is -2.48. The van der Waals surface area contributed by atoms with Crippen molar-refractivity contribution in [2.75, 3.05) is 33.3 Å². The second-order valence-corrected chi connectivity index (χ2v) is 6.03. The third-order valence-electron chi connectivity index (χ3n) is 4.37. The highest BCUT2D eigenvalue weighted by atomic mass is 19.1. The van der Waals surface area contributed by atoms with Crippen molar-refractivity contribution in [3.05, 3.63) is 42.2 Å². The van der Waals surface area contributed by atoms with Crippen LogP contribution in [0.25, 0.3) is 0 Å². The lowest BCUT2D eigenvalue weighted by molar-refractivity contribution is -0.133. The first kappa shape index (κ1) is 17.3. The second-order valence-electron chi connectivity index (χ2n) is 6.03. The van der Waals surface area contributed by atoms with E-state index in [0.717, 1.165) is 18.7 Å². The van der Waals surface area contributed by atoms with E-state index in [2.05, 4.69) is 15.0 Å². The molecule has 0 saturated carbocycles. The van der Waals surface area contributed by atoms with Gasteiger partial charge in [0.1, 0.15) is 12.7 Å². The Bertz CT molecular complexity index is 699. The zero-order valence-corrected chi connectivity index (χ0v) is 14.3. The number of carbonyl (C=O) groups is 1. The van der Waals surface area contributed by atoms with Crippen LogP contribution in [0.4, 0.5) is 4.39 Å². The molecular weight excluding hydrogens is 325 g/mol. The van der Waals surface area contributed by atoms with Crippen molar-refractivity contribution < 1.29 is 13.9 Å². The molecule has 0 bridgehead atoms. The van der Waals surface area contributed by atoms with Crippen LogP contribution in [0.2, 0.25) is 0 Å². The maximum absolute atomic E-state index is 13.8. The number of aromatic nitrogens is 3. The van der Waals surface area contributed by atoms with Crippen molar-refractivity contribution in [1.29, 1.82) is 0 Å². The van der Waals surface area contributed by atoms with Gasteiger partial charge in [-0.25, -0.2) is 9.37 Å². The average molecular weight is 347 g/mol. The number of hydrogen-bond donors (Lipinski definition) is 0. The number of carbonyl (C=O) groups excluding carboxylic acids is 1. The maximum atomic E-state index is 13.8. The summed E-state index contributed by atoms with van der Waals surface area (Å²) in [4.78, 5) is 20.2. The molecule has 1 aromatic heterocycles. The molecule has 0 N–H and O–H groups in total. The Labute approximate surface area is 146 Å². The van der Waals surface area contributed by atoms with Crippen molar-refractivity contribution in [3.63, 3.8) is 0 Å². The largest absolute Gasteiger partial charge is 0.494 e. The number of methoxy groups -OCH3 is 1. The van der Waals surface area contributed by atoms with Crippen LogP contribution in [0.15, 0.2) is 30.9 Å². The van der Waals surface area contributed by atoms with Gasteiger partial charge in [0.25, 0.3) is 0 Å². The first-order chi connectivity index (χ1) is 12.2. The van der Waals surface area contributed by atoms with Crippen LogP contribution in [0.1, 0.15) is 12.0 Å². The Morgan fingerprint density at radius 1 is 1.28 bits per heavy atom. The van der Waals surface area contributed by atoms with Gasteiger partial charge in [0.15, 0.2) is 11.6 Å². The topological polar surface area (TPSA) is 63.5 Å². The highest BCUT2D eigenvalue weighted by molar-refractivity contribution is 5.76. The van der Waals surface area contributed by atoms with Gasteiger partial charge in [-0.1, -0.05) is 6.07 Å². The van der Waals surface area contributed by atoms with Crippen LogP contribution in [0.3, 0.4) is 0 Å². The highest BCUT2D eigenvalue weighted by Gasteiger charge is 2.21. The molecule has 2 aromatic rings. The number of benzene rings is 1. The van der Waals surface area contributed by atoms with Gasteiger partial charge in [-0.3, -0.25) is 14.4 Å². The fraction of sp³-hybridized carbons (Fsp3) is 0.471. The molecule has 8 heteroatoms. The van der Waals surface area contributed by atoms with E-state index in [-0.39, 0.29) is 17.5 Å². The van der Waals surface area contributed by atoms with Crippen LogP contribution in [-0.4, -0.2) is 63.8 Å². The summed E-state index contributed by atoms with van der Waals surface area (Å²) in [6, 6.07) is 5.03. The smallest absolute Gasteiger partial charge is 0.224 e. The van der Waals surface area contributed by atoms with Gasteiger partial charge < -0.3 is 9.64 Å². The average Bonchev–Trinajstić information content (AvgIpc) is 3.14. The van der Waals surface area contributed by atoms with Crippen molar-refractivity contribution in [2.24, 2.45) is 0 Å². The van der Waals surface area contributed by atoms with E-state index < -0.39 is 0 Å². The number of hydrogen-bond acceptors (Lipinski definition) is 5. The third-order valence-corrected chi connectivity index (χ3v) is 4.37. The predicted molar refractivity (Wildman–Crippen MR) is 89.4 cm³/mol. The van der Waals surface area contributed by atoms with E-state index in [4.69, 9.17) is 4.74 Å². The lowest BCUT2D eigenvalue weighted by atomic mass is 10.1. The molecule has 1 aromatic carbocycles. The van der Waals surface area contributed by atoms with Crippen LogP contribution >= 0.6 is 0 Å². The van der Waals surface area contributed by atoms with Crippen molar-refractivity contribution in [2.45, 2.75) is 19.5 Å². The monoisotopic (exact) mass is 347 g/mol. The molecule has 1 fully saturated rings. The van der Waals surface area contributed by atoms with E-state index >= 15 is 0 Å². The molecule has 0 aliphatic carbocycles. The third kappa shape index (κ3) is 4.54. The van der Waals surface area contributed by atoms with E-state index in [9.17, 15) is 9.18 Å². The van der Waals surface area contributed by atoms with Crippen molar-refractivity contribution in [3.8, 4) is 5.75 Å². The quantitative estimate of drug-likeness (QED) is 0.785. The van der Waals surface area contributed by atoms with Crippen molar-refractivity contribution in [1.82, 2.24) is 24.6 Å². The zero-order valence-electron chi connectivity index (χ0n) is 14.3. The first-order valence-corrected chi connectivity index (χ1v) is 8.30. The van der Waals surface area contributed by atoms with Gasteiger partial charge >= 0.3 is 0 Å². The van der Waals surface area contributed by atoms with E-state index in [1.54, 1.807) is 17.1 Å². The molecule has 2 heterocycles. The standard InChI is InChI=1S/C17H22FN5O2/c1-25-16-3-2-14(10-15(16)18)11-21-6-8-22(9-7-21)17(24)4-5-23-13-19-12-20-23/h2-3,10,12-13H,4-9,11H2,1H3. The Morgan fingerprint density at radius 3 is 2.72 bits per heavy atom. The molecule has 1 saturated heterocycles. The highest BCUT2D eigenvalue weighted by Crippen LogP contribution is 2.19. The van der Waals surface area contributed by atoms with E-state index in [1.807, 2.05) is 11.0 Å². The Kier molecular flexibility index (Phi) is 5.60. The predicted octanol–water partition coefficient (Wildman–Crippen LogP) is 1.16. The first-order valence-electron chi connectivity index (χ1n) is 8.30. The van der Waals surface area contributed by atoms with Crippen LogP contribution < -0.4 is 4.74 Å². The number of ether oxygens (including phenoxy) is 1. The summed E-state index contributed by atoms with van der Waals surface area (Å²) in [6.07, 6.45) is 3.50. The van der Waals surface area contributed by atoms with Crippen LogP contribution in [0.5, 0.6) is 5.75 Å². The van der Waals surface area contributed by atoms with Gasteiger partial charge in [0, 0.05) is 39.1 Å². The van der Waals surface area contributed by atoms with Gasteiger partial charge in [-0.2, -0.15) is 5.10 Å². The molecule has 0 unspecified atom stereocenters. The normalized spacial score (nSPS) is 15.4. The molecule has 3 rings (SSSR count). The second kappa shape index (κ2) is 8.06. The van der Waals surface area contributed by atoms with E-state index in [1.165, 1.54) is 19.5 Å². The Morgan fingerprint density at radius 2 is 2.08 bits per heavy atom. The minimum Gasteiger partial charge on any atom is -0.494 e. The summed E-state index contributed by atoms with van der Waals surface area (Å²) in [7, 11) is 1.46. The maximum Gasteiger partial charge on any atom is 0.224 e. The minimum atomic E-state index is -0.345. The number of piperazine rings is 1. The van der Waals surface area contributed by atoms with Gasteiger partial charge in [0.2, 0.25) is 5.91 Å². The SMILES string of the molecule is COc1ccc(CN2CCN(C(=O)CCn3cncn3)CC2)cc1F. The fourth-order valence-electron chi connectivity index (χ4n) is 2.94. The molecule has 0 radical (unpaired) electrons. The molecular formula is C17H22FN5O2. The Balaban J connectivity index is 1.45. The Hall–Kier alpha value is -2.48. The van der Waals surface area contributed by atoms with Gasteiger partial charge in [-0.05, 0) is 17.7 Å². The number of nitrogens with zero attached hydrogens (tertiary/aromatic N) is 5. The molecule has 1 aliphatic rings. The van der Waals surface area contributed by atoms with E-state index in [0.29, 0.717) is 32.6 Å². The fourth-order valence-corrected chi connectivity index (χ4v) is 2.94. The van der Waals surface area contributed by atoms with Gasteiger partial charge in [-0.15, -0.1) is 0 Å². The zero-order chi connectivity index (χ0) is 17.6. The molecule has 0 spiro atoms. The van der Waals surface area contributed by atoms with Crippen molar-refractivity contribution >= 4 is 5.91 Å². The molecule has 25 heavy (non-hydrogen) atoms. The summed E-state index contributed by atoms with van der Waals surface area (Å²) >= 11 is 0. The summed E-state index contributed by atoms with van der Waals surface area (Å²) < 4.78 is 20.4. The summed E-state index contributed by atoms with van der Waals surface area (Å²) in [6.45, 7) is 4.15. The minimum absolute atomic E-state index is 0.130.